The predicted octanol–water partition coefficient (Wildman–Crippen LogP) is 3.56. The molecule has 6 rings (SSSR count). The number of fused-ring (bicyclic) bond motifs is 1. The lowest BCUT2D eigenvalue weighted by molar-refractivity contribution is -0.133. The fraction of sp³-hybridized carbons (Fsp3) is 0.467. The Hall–Kier alpha value is -4.12. The highest BCUT2D eigenvalue weighted by molar-refractivity contribution is 5.92. The minimum atomic E-state index is -0.172. The molecule has 2 aliphatic rings. The molecule has 2 amide bonds. The van der Waals surface area contributed by atoms with Crippen LogP contribution in [0.5, 0.6) is 0 Å². The third-order valence-corrected chi connectivity index (χ3v) is 8.20. The smallest absolute Gasteiger partial charge is 0.326 e. The number of rotatable bonds is 9. The molecule has 0 bridgehead atoms. The molecule has 3 aromatic heterocycles. The number of benzene rings is 1. The molecule has 1 aromatic carbocycles. The van der Waals surface area contributed by atoms with Crippen molar-refractivity contribution in [2.45, 2.75) is 64.3 Å². The number of amides is 2. The van der Waals surface area contributed by atoms with Gasteiger partial charge < -0.3 is 28.5 Å². The van der Waals surface area contributed by atoms with E-state index in [2.05, 4.69) is 9.97 Å². The number of para-hydroxylation sites is 2. The van der Waals surface area contributed by atoms with Gasteiger partial charge in [-0.1, -0.05) is 19.1 Å². The number of hydrogen-bond donors (Lipinski definition) is 1. The number of H-pyrrole nitrogens is 1. The van der Waals surface area contributed by atoms with Crippen LogP contribution in [0.1, 0.15) is 67.1 Å². The van der Waals surface area contributed by atoms with Crippen LogP contribution in [0.4, 0.5) is 0 Å². The van der Waals surface area contributed by atoms with Crippen LogP contribution in [0.2, 0.25) is 0 Å². The average molecular weight is 561 g/mol. The molecule has 1 N–H and O–H groups in total. The first kappa shape index (κ1) is 27.1. The van der Waals surface area contributed by atoms with E-state index in [1.54, 1.807) is 4.90 Å². The molecule has 216 valence electrons. The van der Waals surface area contributed by atoms with Gasteiger partial charge in [0.2, 0.25) is 11.8 Å². The van der Waals surface area contributed by atoms with Crippen molar-refractivity contribution in [2.24, 2.45) is 0 Å². The Morgan fingerprint density at radius 1 is 1.12 bits per heavy atom. The van der Waals surface area contributed by atoms with Crippen LogP contribution in [-0.4, -0.2) is 73.1 Å². The van der Waals surface area contributed by atoms with Gasteiger partial charge in [-0.2, -0.15) is 0 Å². The Labute approximate surface area is 237 Å². The summed E-state index contributed by atoms with van der Waals surface area (Å²) in [7, 11) is 0. The summed E-state index contributed by atoms with van der Waals surface area (Å²) in [4.78, 5) is 49.5. The molecule has 2 fully saturated rings. The Morgan fingerprint density at radius 3 is 2.73 bits per heavy atom. The standard InChI is InChI=1S/C30H36N6O5/c1-2-28(37)35(18-23-8-6-16-40-23)17-22-7-5-13-34(22)19-27-31-25(20-41-27)29(38)33-14-11-21(12-15-33)36-26-10-4-3-9-24(26)32-30(36)39/h3-5,7,9-10,13,20-21,23H,2,6,8,11-12,14-19H2,1H3,(H,32,39). The molecule has 0 spiro atoms. The number of nitrogens with one attached hydrogen (secondary N) is 1. The lowest BCUT2D eigenvalue weighted by Crippen LogP contribution is -2.40. The van der Waals surface area contributed by atoms with Gasteiger partial charge in [0.25, 0.3) is 5.91 Å². The van der Waals surface area contributed by atoms with Gasteiger partial charge in [0.1, 0.15) is 6.26 Å². The molecule has 2 saturated heterocycles. The highest BCUT2D eigenvalue weighted by atomic mass is 16.5. The van der Waals surface area contributed by atoms with Crippen LogP contribution in [0.25, 0.3) is 11.0 Å². The number of carbonyl (C=O) groups excluding carboxylic acids is 2. The number of ether oxygens (including phenoxy) is 1. The maximum atomic E-state index is 13.2. The van der Waals surface area contributed by atoms with Gasteiger partial charge in [-0.05, 0) is 49.9 Å². The summed E-state index contributed by atoms with van der Waals surface area (Å²) in [5, 5.41) is 0. The van der Waals surface area contributed by atoms with E-state index in [4.69, 9.17) is 9.15 Å². The average Bonchev–Trinajstić information content (AvgIpc) is 3.80. The Morgan fingerprint density at radius 2 is 1.95 bits per heavy atom. The number of piperidine rings is 1. The van der Waals surface area contributed by atoms with Crippen LogP contribution in [0, 0.1) is 0 Å². The summed E-state index contributed by atoms with van der Waals surface area (Å²) in [5.74, 6) is 0.350. The quantitative estimate of drug-likeness (QED) is 0.334. The van der Waals surface area contributed by atoms with Crippen molar-refractivity contribution in [1.29, 1.82) is 0 Å². The van der Waals surface area contributed by atoms with Crippen LogP contribution < -0.4 is 5.69 Å². The fourth-order valence-corrected chi connectivity index (χ4v) is 6.01. The number of imidazole rings is 1. The van der Waals surface area contributed by atoms with Crippen molar-refractivity contribution in [3.8, 4) is 0 Å². The summed E-state index contributed by atoms with van der Waals surface area (Å²) in [6.45, 7) is 5.11. The summed E-state index contributed by atoms with van der Waals surface area (Å²) < 4.78 is 15.3. The van der Waals surface area contributed by atoms with E-state index in [1.807, 2.05) is 63.6 Å². The van der Waals surface area contributed by atoms with Crippen molar-refractivity contribution in [3.05, 3.63) is 76.6 Å². The van der Waals surface area contributed by atoms with E-state index in [9.17, 15) is 14.4 Å². The Kier molecular flexibility index (Phi) is 7.78. The van der Waals surface area contributed by atoms with E-state index < -0.39 is 0 Å². The number of aromatic nitrogens is 4. The van der Waals surface area contributed by atoms with E-state index in [0.29, 0.717) is 57.9 Å². The van der Waals surface area contributed by atoms with E-state index in [-0.39, 0.29) is 35.3 Å². The normalized spacial score (nSPS) is 17.9. The molecule has 1 unspecified atom stereocenters. The monoisotopic (exact) mass is 560 g/mol. The highest BCUT2D eigenvalue weighted by Crippen LogP contribution is 2.26. The van der Waals surface area contributed by atoms with Gasteiger partial charge >= 0.3 is 5.69 Å². The molecular weight excluding hydrogens is 524 g/mol. The second kappa shape index (κ2) is 11.8. The first-order valence-corrected chi connectivity index (χ1v) is 14.5. The van der Waals surface area contributed by atoms with Crippen LogP contribution >= 0.6 is 0 Å². The lowest BCUT2D eigenvalue weighted by atomic mass is 10.0. The van der Waals surface area contributed by atoms with Gasteiger partial charge in [0.05, 0.1) is 30.2 Å². The first-order valence-electron chi connectivity index (χ1n) is 14.5. The predicted molar refractivity (Wildman–Crippen MR) is 151 cm³/mol. The molecule has 0 aliphatic carbocycles. The Bertz CT molecular complexity index is 1570. The second-order valence-electron chi connectivity index (χ2n) is 10.9. The molecule has 2 aliphatic heterocycles. The molecule has 5 heterocycles. The topological polar surface area (TPSA) is 119 Å². The molecule has 11 heteroatoms. The second-order valence-corrected chi connectivity index (χ2v) is 10.9. The van der Waals surface area contributed by atoms with Gasteiger partial charge in [-0.3, -0.25) is 14.2 Å². The third kappa shape index (κ3) is 5.72. The molecule has 1 atom stereocenters. The fourth-order valence-electron chi connectivity index (χ4n) is 6.01. The third-order valence-electron chi connectivity index (χ3n) is 8.20. The van der Waals surface area contributed by atoms with Crippen molar-refractivity contribution in [1.82, 2.24) is 28.9 Å². The van der Waals surface area contributed by atoms with Crippen LogP contribution in [0.15, 0.2) is 58.1 Å². The maximum Gasteiger partial charge on any atom is 0.326 e. The lowest BCUT2D eigenvalue weighted by Gasteiger charge is -2.32. The zero-order valence-corrected chi connectivity index (χ0v) is 23.3. The van der Waals surface area contributed by atoms with Crippen molar-refractivity contribution in [2.75, 3.05) is 26.2 Å². The van der Waals surface area contributed by atoms with E-state index in [1.165, 1.54) is 6.26 Å². The molecule has 41 heavy (non-hydrogen) atoms. The number of nitrogens with zero attached hydrogens (tertiary/aromatic N) is 5. The number of aromatic amines is 1. The van der Waals surface area contributed by atoms with Crippen molar-refractivity contribution in [3.63, 3.8) is 0 Å². The van der Waals surface area contributed by atoms with Gasteiger partial charge in [-0.25, -0.2) is 9.78 Å². The molecular formula is C30H36N6O5. The SMILES string of the molecule is CCC(=O)N(Cc1cccn1Cc1nc(C(=O)N2CCC(n3c(=O)[nH]c4ccccc43)CC2)co1)CC1CCCO1. The highest BCUT2D eigenvalue weighted by Gasteiger charge is 2.28. The van der Waals surface area contributed by atoms with Crippen LogP contribution in [0.3, 0.4) is 0 Å². The summed E-state index contributed by atoms with van der Waals surface area (Å²) in [6.07, 6.45) is 7.24. The molecule has 0 radical (unpaired) electrons. The summed E-state index contributed by atoms with van der Waals surface area (Å²) in [6, 6.07) is 11.6. The van der Waals surface area contributed by atoms with Crippen molar-refractivity contribution < 1.29 is 18.7 Å². The zero-order chi connectivity index (χ0) is 28.3. The largest absolute Gasteiger partial charge is 0.446 e. The van der Waals surface area contributed by atoms with E-state index >= 15 is 0 Å². The molecule has 4 aromatic rings. The van der Waals surface area contributed by atoms with Crippen LogP contribution in [-0.2, 0) is 22.6 Å². The number of carbonyl (C=O) groups is 2. The zero-order valence-electron chi connectivity index (χ0n) is 23.3. The first-order chi connectivity index (χ1) is 20.0. The van der Waals surface area contributed by atoms with E-state index in [0.717, 1.165) is 36.2 Å². The number of oxazole rings is 1. The molecule has 11 nitrogen and oxygen atoms in total. The summed E-state index contributed by atoms with van der Waals surface area (Å²) >= 11 is 0. The van der Waals surface area contributed by atoms with Gasteiger partial charge in [-0.15, -0.1) is 0 Å². The van der Waals surface area contributed by atoms with Gasteiger partial charge in [0, 0.05) is 50.6 Å². The van der Waals surface area contributed by atoms with Gasteiger partial charge in [0.15, 0.2) is 5.69 Å². The number of likely N-dealkylation sites (tertiary alicyclic amines) is 1. The number of hydrogen-bond acceptors (Lipinski definition) is 6. The molecule has 0 saturated carbocycles. The van der Waals surface area contributed by atoms with Crippen molar-refractivity contribution >= 4 is 22.8 Å². The minimum Gasteiger partial charge on any atom is -0.446 e. The summed E-state index contributed by atoms with van der Waals surface area (Å²) in [5.41, 5.74) is 2.84. The Balaban J connectivity index is 1.08. The maximum absolute atomic E-state index is 13.2. The minimum absolute atomic E-state index is 0.0297.